The van der Waals surface area contributed by atoms with Gasteiger partial charge in [0.25, 0.3) is 0 Å². The van der Waals surface area contributed by atoms with Gasteiger partial charge < -0.3 is 19.7 Å². The molecule has 0 aromatic heterocycles. The van der Waals surface area contributed by atoms with Gasteiger partial charge in [0.15, 0.2) is 11.5 Å². The summed E-state index contributed by atoms with van der Waals surface area (Å²) in [5.41, 5.74) is 3.20. The maximum atomic E-state index is 13.3. The molecule has 1 atom stereocenters. The molecular weight excluding hydrogens is 404 g/mol. The van der Waals surface area contributed by atoms with Crippen molar-refractivity contribution < 1.29 is 19.1 Å². The average Bonchev–Trinajstić information content (AvgIpc) is 2.82. The molecule has 2 amide bonds. The highest BCUT2D eigenvalue weighted by Gasteiger charge is 2.28. The number of rotatable bonds is 10. The third-order valence-electron chi connectivity index (χ3n) is 5.64. The standard InChI is InChI=1S/C26H34N2O4/c1-4-14-27-26(30)22(5-2)28(18-21-8-6-19(3)7-9-21)25(29)13-11-20-10-12-23-24(17-20)32-16-15-31-23/h6-10,12,17,22H,4-5,11,13-16,18H2,1-3H3,(H,27,30)/t22-/m1/s1. The van der Waals surface area contributed by atoms with Crippen molar-refractivity contribution in [2.75, 3.05) is 19.8 Å². The van der Waals surface area contributed by atoms with E-state index in [1.807, 2.05) is 63.2 Å². The Labute approximate surface area is 190 Å². The smallest absolute Gasteiger partial charge is 0.242 e. The van der Waals surface area contributed by atoms with Gasteiger partial charge in [0.2, 0.25) is 11.8 Å². The number of nitrogens with zero attached hydrogens (tertiary/aromatic N) is 1. The molecule has 3 rings (SSSR count). The molecule has 172 valence electrons. The minimum absolute atomic E-state index is 0.0287. The molecule has 0 spiro atoms. The maximum Gasteiger partial charge on any atom is 0.242 e. The zero-order chi connectivity index (χ0) is 22.9. The fraction of sp³-hybridized carbons (Fsp3) is 0.462. The van der Waals surface area contributed by atoms with Crippen molar-refractivity contribution in [3.63, 3.8) is 0 Å². The third kappa shape index (κ3) is 6.25. The molecule has 6 nitrogen and oxygen atoms in total. The summed E-state index contributed by atoms with van der Waals surface area (Å²) in [4.78, 5) is 27.9. The quantitative estimate of drug-likeness (QED) is 0.608. The van der Waals surface area contributed by atoms with Gasteiger partial charge in [0.1, 0.15) is 19.3 Å². The van der Waals surface area contributed by atoms with Crippen molar-refractivity contribution in [3.05, 3.63) is 59.2 Å². The largest absolute Gasteiger partial charge is 0.486 e. The highest BCUT2D eigenvalue weighted by Crippen LogP contribution is 2.31. The fourth-order valence-electron chi connectivity index (χ4n) is 3.81. The van der Waals surface area contributed by atoms with E-state index in [0.717, 1.165) is 34.6 Å². The second-order valence-corrected chi connectivity index (χ2v) is 8.20. The van der Waals surface area contributed by atoms with Crippen LogP contribution in [0, 0.1) is 6.92 Å². The first kappa shape index (κ1) is 23.6. The molecule has 1 aliphatic heterocycles. The van der Waals surface area contributed by atoms with E-state index in [1.54, 1.807) is 4.90 Å². The number of fused-ring (bicyclic) bond motifs is 1. The van der Waals surface area contributed by atoms with Crippen molar-refractivity contribution in [2.24, 2.45) is 0 Å². The van der Waals surface area contributed by atoms with Crippen LogP contribution in [-0.4, -0.2) is 42.5 Å². The summed E-state index contributed by atoms with van der Waals surface area (Å²) in [6.45, 7) is 8.11. The van der Waals surface area contributed by atoms with Crippen LogP contribution in [0.5, 0.6) is 11.5 Å². The molecule has 0 unspecified atom stereocenters. The number of carbonyl (C=O) groups excluding carboxylic acids is 2. The average molecular weight is 439 g/mol. The normalized spacial score (nSPS) is 13.3. The SMILES string of the molecule is CCCNC(=O)[C@@H](CC)N(Cc1ccc(C)cc1)C(=O)CCc1ccc2c(c1)OCCO2. The summed E-state index contributed by atoms with van der Waals surface area (Å²) in [7, 11) is 0. The lowest BCUT2D eigenvalue weighted by Crippen LogP contribution is -2.49. The van der Waals surface area contributed by atoms with Gasteiger partial charge in [-0.25, -0.2) is 0 Å². The first-order valence-corrected chi connectivity index (χ1v) is 11.5. The van der Waals surface area contributed by atoms with Gasteiger partial charge in [-0.15, -0.1) is 0 Å². The van der Waals surface area contributed by atoms with Crippen molar-refractivity contribution >= 4 is 11.8 Å². The summed E-state index contributed by atoms with van der Waals surface area (Å²) < 4.78 is 11.2. The lowest BCUT2D eigenvalue weighted by molar-refractivity contribution is -0.141. The predicted octanol–water partition coefficient (Wildman–Crippen LogP) is 4.03. The first-order chi connectivity index (χ1) is 15.5. The van der Waals surface area contributed by atoms with Crippen molar-refractivity contribution in [2.45, 2.75) is 59.0 Å². The van der Waals surface area contributed by atoms with Crippen LogP contribution in [0.1, 0.15) is 49.8 Å². The molecule has 2 aromatic rings. The molecular formula is C26H34N2O4. The van der Waals surface area contributed by atoms with Crippen LogP contribution < -0.4 is 14.8 Å². The number of aryl methyl sites for hydroxylation is 2. The molecule has 0 bridgehead atoms. The zero-order valence-electron chi connectivity index (χ0n) is 19.4. The van der Waals surface area contributed by atoms with Crippen LogP contribution in [0.2, 0.25) is 0 Å². The molecule has 1 N–H and O–H groups in total. The van der Waals surface area contributed by atoms with Crippen LogP contribution in [0.3, 0.4) is 0 Å². The summed E-state index contributed by atoms with van der Waals surface area (Å²) in [6, 6.07) is 13.4. The molecule has 0 aliphatic carbocycles. The zero-order valence-corrected chi connectivity index (χ0v) is 19.4. The Kier molecular flexibility index (Phi) is 8.54. The van der Waals surface area contributed by atoms with Crippen LogP contribution in [0.15, 0.2) is 42.5 Å². The highest BCUT2D eigenvalue weighted by molar-refractivity contribution is 5.87. The number of benzene rings is 2. The lowest BCUT2D eigenvalue weighted by atomic mass is 10.0. The monoisotopic (exact) mass is 438 g/mol. The van der Waals surface area contributed by atoms with E-state index in [0.29, 0.717) is 45.6 Å². The summed E-state index contributed by atoms with van der Waals surface area (Å²) in [6.07, 6.45) is 2.32. The number of hydrogen-bond acceptors (Lipinski definition) is 4. The van der Waals surface area contributed by atoms with Crippen LogP contribution in [0.25, 0.3) is 0 Å². The fourth-order valence-corrected chi connectivity index (χ4v) is 3.81. The molecule has 0 saturated carbocycles. The summed E-state index contributed by atoms with van der Waals surface area (Å²) in [5, 5.41) is 2.96. The first-order valence-electron chi connectivity index (χ1n) is 11.5. The highest BCUT2D eigenvalue weighted by atomic mass is 16.6. The van der Waals surface area contributed by atoms with E-state index in [9.17, 15) is 9.59 Å². The van der Waals surface area contributed by atoms with E-state index in [1.165, 1.54) is 0 Å². The van der Waals surface area contributed by atoms with Gasteiger partial charge in [-0.2, -0.15) is 0 Å². The molecule has 0 saturated heterocycles. The maximum absolute atomic E-state index is 13.3. The molecule has 0 fully saturated rings. The van der Waals surface area contributed by atoms with E-state index < -0.39 is 6.04 Å². The minimum atomic E-state index is -0.490. The molecule has 1 heterocycles. The van der Waals surface area contributed by atoms with Crippen molar-refractivity contribution in [1.29, 1.82) is 0 Å². The topological polar surface area (TPSA) is 67.9 Å². The van der Waals surface area contributed by atoms with Gasteiger partial charge in [0, 0.05) is 19.5 Å². The minimum Gasteiger partial charge on any atom is -0.486 e. The van der Waals surface area contributed by atoms with Gasteiger partial charge in [-0.3, -0.25) is 9.59 Å². The van der Waals surface area contributed by atoms with E-state index >= 15 is 0 Å². The van der Waals surface area contributed by atoms with Crippen molar-refractivity contribution in [3.8, 4) is 11.5 Å². The Morgan fingerprint density at radius 3 is 2.38 bits per heavy atom. The lowest BCUT2D eigenvalue weighted by Gasteiger charge is -2.31. The molecule has 2 aromatic carbocycles. The number of nitrogens with one attached hydrogen (secondary N) is 1. The van der Waals surface area contributed by atoms with Crippen LogP contribution in [0.4, 0.5) is 0 Å². The molecule has 1 aliphatic rings. The Bertz CT molecular complexity index is 911. The number of hydrogen-bond donors (Lipinski definition) is 1. The van der Waals surface area contributed by atoms with Crippen LogP contribution >= 0.6 is 0 Å². The number of carbonyl (C=O) groups is 2. The molecule has 6 heteroatoms. The second-order valence-electron chi connectivity index (χ2n) is 8.20. The van der Waals surface area contributed by atoms with Gasteiger partial charge >= 0.3 is 0 Å². The van der Waals surface area contributed by atoms with E-state index in [4.69, 9.17) is 9.47 Å². The third-order valence-corrected chi connectivity index (χ3v) is 5.64. The molecule has 0 radical (unpaired) electrons. The second kappa shape index (κ2) is 11.6. The predicted molar refractivity (Wildman–Crippen MR) is 125 cm³/mol. The van der Waals surface area contributed by atoms with E-state index in [-0.39, 0.29) is 11.8 Å². The summed E-state index contributed by atoms with van der Waals surface area (Å²) in [5.74, 6) is 1.35. The van der Waals surface area contributed by atoms with Crippen LogP contribution in [-0.2, 0) is 22.6 Å². The Hall–Kier alpha value is -3.02. The number of amides is 2. The summed E-state index contributed by atoms with van der Waals surface area (Å²) >= 11 is 0. The van der Waals surface area contributed by atoms with Crippen molar-refractivity contribution in [1.82, 2.24) is 10.2 Å². The number of ether oxygens (including phenoxy) is 2. The molecule has 32 heavy (non-hydrogen) atoms. The Morgan fingerprint density at radius 1 is 1.00 bits per heavy atom. The van der Waals surface area contributed by atoms with Gasteiger partial charge in [-0.1, -0.05) is 49.7 Å². The van der Waals surface area contributed by atoms with E-state index in [2.05, 4.69) is 5.32 Å². The van der Waals surface area contributed by atoms with Gasteiger partial charge in [0.05, 0.1) is 0 Å². The Balaban J connectivity index is 1.73. The van der Waals surface area contributed by atoms with Gasteiger partial charge in [-0.05, 0) is 49.4 Å². The Morgan fingerprint density at radius 2 is 1.69 bits per heavy atom.